The number of carbonyl (C=O) groups excluding carboxylic acids is 1. The second-order valence-electron chi connectivity index (χ2n) is 8.87. The lowest BCUT2D eigenvalue weighted by atomic mass is 10.0. The van der Waals surface area contributed by atoms with E-state index in [1.165, 1.54) is 6.42 Å². The zero-order chi connectivity index (χ0) is 27.0. The number of carbonyl (C=O) groups is 2. The quantitative estimate of drug-likeness (QED) is 0.144. The van der Waals surface area contributed by atoms with Crippen LogP contribution in [0.15, 0.2) is 18.2 Å². The Labute approximate surface area is 208 Å². The number of hydrogen-bond acceptors (Lipinski definition) is 2. The van der Waals surface area contributed by atoms with Gasteiger partial charge in [0.1, 0.15) is 0 Å². The summed E-state index contributed by atoms with van der Waals surface area (Å²) in [6.07, 6.45) is 2.32. The Bertz CT molecular complexity index is 797. The Kier molecular flexibility index (Phi) is 14.3. The molecule has 0 saturated heterocycles. The van der Waals surface area contributed by atoms with Crippen LogP contribution in [0, 0.1) is 0 Å². The molecule has 0 unspecified atom stereocenters. The van der Waals surface area contributed by atoms with Gasteiger partial charge in [-0.25, -0.2) is 4.79 Å². The van der Waals surface area contributed by atoms with Gasteiger partial charge in [0.2, 0.25) is 0 Å². The zero-order valence-corrected chi connectivity index (χ0v) is 20.4. The molecule has 0 saturated carbocycles. The SMILES string of the molecule is O=C(O)CCCCCCCCCCCCCCNC(=O)NCc1ccc(C(F)(F)F)c(C(F)(F)F)c1. The van der Waals surface area contributed by atoms with Gasteiger partial charge in [0.15, 0.2) is 0 Å². The van der Waals surface area contributed by atoms with Gasteiger partial charge < -0.3 is 15.7 Å². The molecule has 36 heavy (non-hydrogen) atoms. The Morgan fingerprint density at radius 2 is 1.14 bits per heavy atom. The number of alkyl halides is 6. The monoisotopic (exact) mass is 526 g/mol. The number of aliphatic carboxylic acids is 1. The number of carboxylic acids is 1. The van der Waals surface area contributed by atoms with Gasteiger partial charge in [-0.1, -0.05) is 70.3 Å². The molecule has 0 spiro atoms. The molecule has 0 aliphatic rings. The topological polar surface area (TPSA) is 78.4 Å². The van der Waals surface area contributed by atoms with E-state index in [-0.39, 0.29) is 18.5 Å². The van der Waals surface area contributed by atoms with E-state index in [0.717, 1.165) is 76.7 Å². The summed E-state index contributed by atoms with van der Waals surface area (Å²) >= 11 is 0. The van der Waals surface area contributed by atoms with Crippen LogP contribution >= 0.6 is 0 Å². The number of carboxylic acid groups (broad SMARTS) is 1. The van der Waals surface area contributed by atoms with E-state index in [9.17, 15) is 35.9 Å². The second kappa shape index (κ2) is 16.3. The smallest absolute Gasteiger partial charge is 0.417 e. The van der Waals surface area contributed by atoms with E-state index in [0.29, 0.717) is 18.7 Å². The number of benzene rings is 1. The molecule has 0 radical (unpaired) electrons. The predicted octanol–water partition coefficient (Wildman–Crippen LogP) is 7.68. The fraction of sp³-hybridized carbons (Fsp3) is 0.680. The fourth-order valence-electron chi connectivity index (χ4n) is 3.80. The van der Waals surface area contributed by atoms with Crippen LogP contribution in [0.3, 0.4) is 0 Å². The normalized spacial score (nSPS) is 11.9. The number of hydrogen-bond donors (Lipinski definition) is 3. The second-order valence-corrected chi connectivity index (χ2v) is 8.87. The summed E-state index contributed by atoms with van der Waals surface area (Å²) < 4.78 is 77.4. The van der Waals surface area contributed by atoms with Crippen LogP contribution < -0.4 is 10.6 Å². The van der Waals surface area contributed by atoms with Crippen molar-refractivity contribution < 1.29 is 41.0 Å². The van der Waals surface area contributed by atoms with Crippen molar-refractivity contribution in [2.24, 2.45) is 0 Å². The molecule has 0 atom stereocenters. The summed E-state index contributed by atoms with van der Waals surface area (Å²) in [5.41, 5.74) is -3.61. The molecule has 1 aromatic carbocycles. The van der Waals surface area contributed by atoms with E-state index in [2.05, 4.69) is 10.6 Å². The van der Waals surface area contributed by atoms with Gasteiger partial charge in [0.25, 0.3) is 0 Å². The van der Waals surface area contributed by atoms with Crippen molar-refractivity contribution in [1.29, 1.82) is 0 Å². The summed E-state index contributed by atoms with van der Waals surface area (Å²) in [5, 5.41) is 13.5. The number of halogens is 6. The number of amides is 2. The summed E-state index contributed by atoms with van der Waals surface area (Å²) in [7, 11) is 0. The standard InChI is InChI=1S/C25H36F6N2O3/c26-24(27,28)20-15-14-19(17-21(20)25(29,30)31)18-33-23(36)32-16-12-10-8-6-4-2-1-3-5-7-9-11-13-22(34)35/h14-15,17H,1-13,16,18H2,(H,34,35)(H2,32,33,36). The highest BCUT2D eigenvalue weighted by molar-refractivity contribution is 5.73. The minimum atomic E-state index is -5.16. The Morgan fingerprint density at radius 3 is 1.61 bits per heavy atom. The highest BCUT2D eigenvalue weighted by atomic mass is 19.4. The first-order valence-electron chi connectivity index (χ1n) is 12.4. The molecule has 11 heteroatoms. The lowest BCUT2D eigenvalue weighted by Crippen LogP contribution is -2.35. The van der Waals surface area contributed by atoms with E-state index >= 15 is 0 Å². The fourth-order valence-corrected chi connectivity index (χ4v) is 3.80. The average molecular weight is 527 g/mol. The van der Waals surface area contributed by atoms with Crippen molar-refractivity contribution in [3.63, 3.8) is 0 Å². The first-order valence-corrected chi connectivity index (χ1v) is 12.4. The van der Waals surface area contributed by atoms with Crippen LogP contribution in [0.25, 0.3) is 0 Å². The van der Waals surface area contributed by atoms with E-state index in [1.807, 2.05) is 0 Å². The molecular formula is C25H36F6N2O3. The van der Waals surface area contributed by atoms with E-state index in [1.54, 1.807) is 0 Å². The predicted molar refractivity (Wildman–Crippen MR) is 124 cm³/mol. The van der Waals surface area contributed by atoms with Crippen LogP contribution in [0.4, 0.5) is 31.1 Å². The van der Waals surface area contributed by atoms with Crippen molar-refractivity contribution in [2.45, 2.75) is 102 Å². The Hall–Kier alpha value is -2.46. The third kappa shape index (κ3) is 14.2. The number of rotatable bonds is 17. The van der Waals surface area contributed by atoms with Gasteiger partial charge in [0.05, 0.1) is 11.1 Å². The molecule has 2 amide bonds. The maximum atomic E-state index is 13.0. The van der Waals surface area contributed by atoms with Crippen LogP contribution in [-0.4, -0.2) is 23.7 Å². The largest absolute Gasteiger partial charge is 0.481 e. The number of urea groups is 1. The molecule has 1 aromatic rings. The Balaban J connectivity index is 2.10. The van der Waals surface area contributed by atoms with Crippen molar-refractivity contribution in [1.82, 2.24) is 10.6 Å². The van der Waals surface area contributed by atoms with Crippen molar-refractivity contribution in [3.8, 4) is 0 Å². The lowest BCUT2D eigenvalue weighted by Gasteiger charge is -2.17. The third-order valence-electron chi connectivity index (χ3n) is 5.75. The van der Waals surface area contributed by atoms with Crippen LogP contribution in [0.2, 0.25) is 0 Å². The number of unbranched alkanes of at least 4 members (excludes halogenated alkanes) is 11. The molecule has 0 aliphatic heterocycles. The highest BCUT2D eigenvalue weighted by Crippen LogP contribution is 2.40. The van der Waals surface area contributed by atoms with Crippen LogP contribution in [0.5, 0.6) is 0 Å². The van der Waals surface area contributed by atoms with Crippen molar-refractivity contribution >= 4 is 12.0 Å². The summed E-state index contributed by atoms with van der Waals surface area (Å²) in [6.45, 7) is 0.0733. The van der Waals surface area contributed by atoms with Gasteiger partial charge in [0, 0.05) is 19.5 Å². The van der Waals surface area contributed by atoms with Crippen molar-refractivity contribution in [3.05, 3.63) is 34.9 Å². The first-order chi connectivity index (χ1) is 16.9. The maximum absolute atomic E-state index is 13.0. The minimum absolute atomic E-state index is 0.0799. The molecule has 0 aromatic heterocycles. The third-order valence-corrected chi connectivity index (χ3v) is 5.75. The minimum Gasteiger partial charge on any atom is -0.481 e. The van der Waals surface area contributed by atoms with Crippen molar-refractivity contribution in [2.75, 3.05) is 6.54 Å². The molecule has 5 nitrogen and oxygen atoms in total. The van der Waals surface area contributed by atoms with Gasteiger partial charge in [-0.15, -0.1) is 0 Å². The Morgan fingerprint density at radius 1 is 0.667 bits per heavy atom. The molecule has 0 heterocycles. The summed E-state index contributed by atoms with van der Waals surface area (Å²) in [5.74, 6) is -0.739. The van der Waals surface area contributed by atoms with Gasteiger partial charge in [-0.2, -0.15) is 26.3 Å². The lowest BCUT2D eigenvalue weighted by molar-refractivity contribution is -0.162. The average Bonchev–Trinajstić information content (AvgIpc) is 2.78. The molecule has 3 N–H and O–H groups in total. The van der Waals surface area contributed by atoms with Crippen LogP contribution in [0.1, 0.15) is 100 Å². The summed E-state index contributed by atoms with van der Waals surface area (Å²) in [6, 6.07) is 1.11. The molecular weight excluding hydrogens is 490 g/mol. The molecule has 0 fully saturated rings. The zero-order valence-electron chi connectivity index (χ0n) is 20.4. The van der Waals surface area contributed by atoms with E-state index in [4.69, 9.17) is 5.11 Å². The molecule has 0 aliphatic carbocycles. The maximum Gasteiger partial charge on any atom is 0.417 e. The van der Waals surface area contributed by atoms with Gasteiger partial charge in [-0.3, -0.25) is 4.79 Å². The first kappa shape index (κ1) is 31.6. The van der Waals surface area contributed by atoms with E-state index < -0.39 is 35.5 Å². The number of nitrogens with one attached hydrogen (secondary N) is 2. The highest BCUT2D eigenvalue weighted by Gasteiger charge is 2.43. The van der Waals surface area contributed by atoms with Gasteiger partial charge >= 0.3 is 24.4 Å². The molecule has 1 rings (SSSR count). The molecule has 206 valence electrons. The van der Waals surface area contributed by atoms with Gasteiger partial charge in [-0.05, 0) is 30.5 Å². The summed E-state index contributed by atoms with van der Waals surface area (Å²) in [4.78, 5) is 22.2. The van der Waals surface area contributed by atoms with Crippen LogP contribution in [-0.2, 0) is 23.7 Å². The molecule has 0 bridgehead atoms.